The quantitative estimate of drug-likeness (QED) is 0.754. The lowest BCUT2D eigenvalue weighted by Crippen LogP contribution is -2.19. The number of ether oxygens (including phenoxy) is 1. The van der Waals surface area contributed by atoms with Gasteiger partial charge in [-0.3, -0.25) is 0 Å². The minimum Gasteiger partial charge on any atom is -0.459 e. The third-order valence-electron chi connectivity index (χ3n) is 2.30. The highest BCUT2D eigenvalue weighted by Crippen LogP contribution is 2.14. The molecule has 0 bridgehead atoms. The lowest BCUT2D eigenvalue weighted by molar-refractivity contribution is 0.0378. The SMILES string of the molecule is CC(CO)CNc1ncccc1C(=O)OC(C)C. The Balaban J connectivity index is 2.76. The average Bonchev–Trinajstić information content (AvgIpc) is 2.35. The van der Waals surface area contributed by atoms with Gasteiger partial charge in [-0.1, -0.05) is 6.92 Å². The summed E-state index contributed by atoms with van der Waals surface area (Å²) >= 11 is 0. The summed E-state index contributed by atoms with van der Waals surface area (Å²) in [6.45, 7) is 6.15. The van der Waals surface area contributed by atoms with Crippen LogP contribution in [0.2, 0.25) is 0 Å². The van der Waals surface area contributed by atoms with Gasteiger partial charge in [0.05, 0.1) is 6.10 Å². The largest absolute Gasteiger partial charge is 0.459 e. The zero-order chi connectivity index (χ0) is 13.5. The van der Waals surface area contributed by atoms with Crippen molar-refractivity contribution in [3.05, 3.63) is 23.9 Å². The van der Waals surface area contributed by atoms with Gasteiger partial charge in [-0.05, 0) is 31.9 Å². The van der Waals surface area contributed by atoms with Crippen LogP contribution in [0, 0.1) is 5.92 Å². The van der Waals surface area contributed by atoms with Crippen molar-refractivity contribution in [1.29, 1.82) is 0 Å². The van der Waals surface area contributed by atoms with Crippen molar-refractivity contribution in [3.63, 3.8) is 0 Å². The van der Waals surface area contributed by atoms with E-state index in [4.69, 9.17) is 9.84 Å². The number of carbonyl (C=O) groups is 1. The normalized spacial score (nSPS) is 12.3. The average molecular weight is 252 g/mol. The molecule has 1 aromatic rings. The Labute approximate surface area is 107 Å². The number of aromatic nitrogens is 1. The van der Waals surface area contributed by atoms with E-state index in [9.17, 15) is 4.79 Å². The molecule has 0 saturated heterocycles. The van der Waals surface area contributed by atoms with Crippen LogP contribution in [-0.4, -0.2) is 35.3 Å². The van der Waals surface area contributed by atoms with Crippen molar-refractivity contribution in [1.82, 2.24) is 4.98 Å². The summed E-state index contributed by atoms with van der Waals surface area (Å²) in [5.41, 5.74) is 0.413. The Morgan fingerprint density at radius 2 is 2.22 bits per heavy atom. The summed E-state index contributed by atoms with van der Waals surface area (Å²) in [7, 11) is 0. The minimum atomic E-state index is -0.391. The lowest BCUT2D eigenvalue weighted by atomic mass is 10.2. The van der Waals surface area contributed by atoms with Crippen LogP contribution in [0.15, 0.2) is 18.3 Å². The van der Waals surface area contributed by atoms with Crippen molar-refractivity contribution in [2.75, 3.05) is 18.5 Å². The van der Waals surface area contributed by atoms with Crippen molar-refractivity contribution in [2.24, 2.45) is 5.92 Å². The summed E-state index contributed by atoms with van der Waals surface area (Å²) in [4.78, 5) is 16.0. The van der Waals surface area contributed by atoms with E-state index in [1.807, 2.05) is 6.92 Å². The highest BCUT2D eigenvalue weighted by atomic mass is 16.5. The van der Waals surface area contributed by atoms with Gasteiger partial charge < -0.3 is 15.2 Å². The lowest BCUT2D eigenvalue weighted by Gasteiger charge is -2.14. The molecule has 100 valence electrons. The van der Waals surface area contributed by atoms with E-state index < -0.39 is 5.97 Å². The Hall–Kier alpha value is -1.62. The standard InChI is InChI=1S/C13H20N2O3/c1-9(2)18-13(17)11-5-4-6-14-12(11)15-7-10(3)8-16/h4-6,9-10,16H,7-8H2,1-3H3,(H,14,15). The summed E-state index contributed by atoms with van der Waals surface area (Å²) in [6.07, 6.45) is 1.44. The van der Waals surface area contributed by atoms with Crippen LogP contribution in [0.3, 0.4) is 0 Å². The van der Waals surface area contributed by atoms with Gasteiger partial charge in [0.1, 0.15) is 11.4 Å². The van der Waals surface area contributed by atoms with Crippen molar-refractivity contribution in [3.8, 4) is 0 Å². The Kier molecular flexibility index (Phi) is 5.58. The molecule has 0 radical (unpaired) electrons. The van der Waals surface area contributed by atoms with Crippen LogP contribution in [0.4, 0.5) is 5.82 Å². The van der Waals surface area contributed by atoms with Crippen LogP contribution >= 0.6 is 0 Å². The molecule has 0 spiro atoms. The van der Waals surface area contributed by atoms with E-state index in [2.05, 4.69) is 10.3 Å². The number of carbonyl (C=O) groups excluding carboxylic acids is 1. The fourth-order valence-corrected chi connectivity index (χ4v) is 1.32. The second-order valence-electron chi connectivity index (χ2n) is 4.52. The molecule has 5 nitrogen and oxygen atoms in total. The summed E-state index contributed by atoms with van der Waals surface area (Å²) in [6, 6.07) is 3.36. The molecule has 0 saturated carbocycles. The van der Waals surface area contributed by atoms with Gasteiger partial charge in [-0.25, -0.2) is 9.78 Å². The maximum absolute atomic E-state index is 11.8. The number of nitrogens with one attached hydrogen (secondary N) is 1. The second-order valence-corrected chi connectivity index (χ2v) is 4.52. The molecule has 1 atom stereocenters. The van der Waals surface area contributed by atoms with Crippen molar-refractivity contribution < 1.29 is 14.6 Å². The molecular formula is C13H20N2O3. The zero-order valence-electron chi connectivity index (χ0n) is 11.0. The molecule has 2 N–H and O–H groups in total. The van der Waals surface area contributed by atoms with Gasteiger partial charge in [0.15, 0.2) is 0 Å². The molecule has 0 aliphatic heterocycles. The molecule has 1 unspecified atom stereocenters. The minimum absolute atomic E-state index is 0.0889. The fourth-order valence-electron chi connectivity index (χ4n) is 1.32. The van der Waals surface area contributed by atoms with E-state index in [0.29, 0.717) is 17.9 Å². The number of hydrogen-bond donors (Lipinski definition) is 2. The first-order valence-corrected chi connectivity index (χ1v) is 6.05. The second kappa shape index (κ2) is 6.96. The van der Waals surface area contributed by atoms with Gasteiger partial charge in [0.25, 0.3) is 0 Å². The topological polar surface area (TPSA) is 71.5 Å². The molecule has 5 heteroatoms. The summed E-state index contributed by atoms with van der Waals surface area (Å²) < 4.78 is 5.14. The third-order valence-corrected chi connectivity index (χ3v) is 2.30. The van der Waals surface area contributed by atoms with E-state index in [-0.39, 0.29) is 18.6 Å². The molecule has 18 heavy (non-hydrogen) atoms. The molecule has 1 rings (SSSR count). The van der Waals surface area contributed by atoms with Crippen LogP contribution < -0.4 is 5.32 Å². The third kappa shape index (κ3) is 4.33. The van der Waals surface area contributed by atoms with E-state index in [1.165, 1.54) is 0 Å². The Morgan fingerprint density at radius 3 is 2.83 bits per heavy atom. The number of anilines is 1. The molecule has 0 fully saturated rings. The predicted molar refractivity (Wildman–Crippen MR) is 69.5 cm³/mol. The van der Waals surface area contributed by atoms with Crippen LogP contribution in [-0.2, 0) is 4.74 Å². The number of aliphatic hydroxyl groups excluding tert-OH is 1. The van der Waals surface area contributed by atoms with Gasteiger partial charge >= 0.3 is 5.97 Å². The predicted octanol–water partition coefficient (Wildman–Crippen LogP) is 1.69. The van der Waals surface area contributed by atoms with Crippen molar-refractivity contribution in [2.45, 2.75) is 26.9 Å². The van der Waals surface area contributed by atoms with Crippen LogP contribution in [0.25, 0.3) is 0 Å². The van der Waals surface area contributed by atoms with E-state index >= 15 is 0 Å². The Bertz CT molecular complexity index is 394. The smallest absolute Gasteiger partial charge is 0.342 e. The maximum atomic E-state index is 11.8. The number of rotatable bonds is 6. The summed E-state index contributed by atoms with van der Waals surface area (Å²) in [5, 5.41) is 12.0. The number of aliphatic hydroxyl groups is 1. The van der Waals surface area contributed by atoms with E-state index in [0.717, 1.165) is 0 Å². The number of hydrogen-bond acceptors (Lipinski definition) is 5. The Morgan fingerprint density at radius 1 is 1.50 bits per heavy atom. The van der Waals surface area contributed by atoms with Crippen LogP contribution in [0.1, 0.15) is 31.1 Å². The number of nitrogens with zero attached hydrogens (tertiary/aromatic N) is 1. The zero-order valence-corrected chi connectivity index (χ0v) is 11.0. The highest BCUT2D eigenvalue weighted by molar-refractivity contribution is 5.94. The summed E-state index contributed by atoms with van der Waals surface area (Å²) in [5.74, 6) is 0.196. The van der Waals surface area contributed by atoms with Crippen LogP contribution in [0.5, 0.6) is 0 Å². The maximum Gasteiger partial charge on any atom is 0.342 e. The van der Waals surface area contributed by atoms with Crippen molar-refractivity contribution >= 4 is 11.8 Å². The van der Waals surface area contributed by atoms with E-state index in [1.54, 1.807) is 32.2 Å². The van der Waals surface area contributed by atoms with Gasteiger partial charge in [-0.15, -0.1) is 0 Å². The molecular weight excluding hydrogens is 232 g/mol. The molecule has 0 aliphatic carbocycles. The first kappa shape index (κ1) is 14.4. The molecule has 0 aromatic carbocycles. The van der Waals surface area contributed by atoms with Gasteiger partial charge in [0.2, 0.25) is 0 Å². The highest BCUT2D eigenvalue weighted by Gasteiger charge is 2.15. The van der Waals surface area contributed by atoms with Gasteiger partial charge in [0, 0.05) is 19.3 Å². The first-order chi connectivity index (χ1) is 8.54. The molecule has 1 aromatic heterocycles. The van der Waals surface area contributed by atoms with Gasteiger partial charge in [-0.2, -0.15) is 0 Å². The molecule has 0 amide bonds. The fraction of sp³-hybridized carbons (Fsp3) is 0.538. The first-order valence-electron chi connectivity index (χ1n) is 6.05. The molecule has 0 aliphatic rings. The number of pyridine rings is 1. The number of esters is 1. The molecule has 1 heterocycles. The monoisotopic (exact) mass is 252 g/mol.